The highest BCUT2D eigenvalue weighted by molar-refractivity contribution is 5.95. The summed E-state index contributed by atoms with van der Waals surface area (Å²) in [6.45, 7) is 2.14. The van der Waals surface area contributed by atoms with Crippen LogP contribution in [0.4, 0.5) is 5.69 Å². The predicted octanol–water partition coefficient (Wildman–Crippen LogP) is 3.16. The fourth-order valence-electron chi connectivity index (χ4n) is 2.81. The smallest absolute Gasteiger partial charge is 0.227 e. The van der Waals surface area contributed by atoms with Gasteiger partial charge in [-0.25, -0.2) is 0 Å². The molecule has 0 heterocycles. The average molecular weight is 229 g/mol. The van der Waals surface area contributed by atoms with E-state index < -0.39 is 0 Å². The van der Waals surface area contributed by atoms with Crippen LogP contribution in [-0.2, 0) is 17.6 Å². The molecule has 0 bridgehead atoms. The maximum Gasteiger partial charge on any atom is 0.227 e. The summed E-state index contributed by atoms with van der Waals surface area (Å²) in [6.07, 6.45) is 5.87. The van der Waals surface area contributed by atoms with Gasteiger partial charge in [0, 0.05) is 11.6 Å². The number of rotatable bonds is 2. The second-order valence-corrected chi connectivity index (χ2v) is 5.46. The third kappa shape index (κ3) is 2.08. The van der Waals surface area contributed by atoms with Gasteiger partial charge >= 0.3 is 0 Å². The van der Waals surface area contributed by atoms with Crippen molar-refractivity contribution >= 4 is 11.6 Å². The number of amides is 1. The molecule has 0 radical (unpaired) electrons. The molecule has 2 aliphatic carbocycles. The SMILES string of the molecule is CC1CC1C(=O)Nc1cccc2c1CCCC2. The molecule has 3 rings (SSSR count). The monoisotopic (exact) mass is 229 g/mol. The number of hydrogen-bond donors (Lipinski definition) is 1. The van der Waals surface area contributed by atoms with Gasteiger partial charge in [-0.2, -0.15) is 0 Å². The standard InChI is InChI=1S/C15H19NO/c1-10-9-13(10)15(17)16-14-8-4-6-11-5-2-3-7-12(11)14/h4,6,8,10,13H,2-3,5,7,9H2,1H3,(H,16,17). The van der Waals surface area contributed by atoms with Crippen molar-refractivity contribution < 1.29 is 4.79 Å². The molecule has 1 aromatic rings. The van der Waals surface area contributed by atoms with E-state index in [2.05, 4.69) is 30.4 Å². The summed E-state index contributed by atoms with van der Waals surface area (Å²) in [7, 11) is 0. The second-order valence-electron chi connectivity index (χ2n) is 5.46. The van der Waals surface area contributed by atoms with E-state index in [0.29, 0.717) is 5.92 Å². The van der Waals surface area contributed by atoms with Crippen LogP contribution in [0.2, 0.25) is 0 Å². The Balaban J connectivity index is 1.80. The van der Waals surface area contributed by atoms with Crippen molar-refractivity contribution in [3.05, 3.63) is 29.3 Å². The lowest BCUT2D eigenvalue weighted by Crippen LogP contribution is -2.17. The van der Waals surface area contributed by atoms with Crippen LogP contribution >= 0.6 is 0 Å². The van der Waals surface area contributed by atoms with Crippen LogP contribution in [0.1, 0.15) is 37.3 Å². The fourth-order valence-corrected chi connectivity index (χ4v) is 2.81. The average Bonchev–Trinajstić information content (AvgIpc) is 3.07. The van der Waals surface area contributed by atoms with Gasteiger partial charge in [0.2, 0.25) is 5.91 Å². The topological polar surface area (TPSA) is 29.1 Å². The lowest BCUT2D eigenvalue weighted by atomic mass is 9.90. The summed E-state index contributed by atoms with van der Waals surface area (Å²) in [5, 5.41) is 3.12. The molecular weight excluding hydrogens is 210 g/mol. The van der Waals surface area contributed by atoms with Gasteiger partial charge in [0.1, 0.15) is 0 Å². The van der Waals surface area contributed by atoms with Gasteiger partial charge in [0.15, 0.2) is 0 Å². The summed E-state index contributed by atoms with van der Waals surface area (Å²) < 4.78 is 0. The van der Waals surface area contributed by atoms with Gasteiger partial charge in [-0.15, -0.1) is 0 Å². The zero-order chi connectivity index (χ0) is 11.8. The Morgan fingerprint density at radius 3 is 2.82 bits per heavy atom. The first-order valence-corrected chi connectivity index (χ1v) is 6.67. The van der Waals surface area contributed by atoms with Gasteiger partial charge in [-0.05, 0) is 55.2 Å². The van der Waals surface area contributed by atoms with Gasteiger partial charge in [0.05, 0.1) is 0 Å². The molecule has 2 aliphatic rings. The van der Waals surface area contributed by atoms with E-state index in [1.807, 2.05) is 0 Å². The van der Waals surface area contributed by atoms with Crippen LogP contribution in [0.25, 0.3) is 0 Å². The summed E-state index contributed by atoms with van der Waals surface area (Å²) >= 11 is 0. The van der Waals surface area contributed by atoms with Gasteiger partial charge in [0.25, 0.3) is 0 Å². The number of aryl methyl sites for hydroxylation is 1. The normalized spacial score (nSPS) is 26.2. The predicted molar refractivity (Wildman–Crippen MR) is 69.0 cm³/mol. The van der Waals surface area contributed by atoms with E-state index in [1.54, 1.807) is 0 Å². The zero-order valence-electron chi connectivity index (χ0n) is 10.3. The lowest BCUT2D eigenvalue weighted by molar-refractivity contribution is -0.117. The first kappa shape index (κ1) is 10.8. The van der Waals surface area contributed by atoms with Crippen molar-refractivity contribution in [2.45, 2.75) is 39.0 Å². The number of hydrogen-bond acceptors (Lipinski definition) is 1. The highest BCUT2D eigenvalue weighted by Gasteiger charge is 2.39. The molecule has 1 saturated carbocycles. The highest BCUT2D eigenvalue weighted by atomic mass is 16.2. The summed E-state index contributed by atoms with van der Waals surface area (Å²) in [6, 6.07) is 6.31. The molecule has 17 heavy (non-hydrogen) atoms. The molecule has 2 heteroatoms. The maximum atomic E-state index is 12.0. The van der Waals surface area contributed by atoms with E-state index in [1.165, 1.54) is 30.4 Å². The number of nitrogens with one attached hydrogen (secondary N) is 1. The third-order valence-corrected chi connectivity index (χ3v) is 4.10. The van der Waals surface area contributed by atoms with Crippen molar-refractivity contribution in [3.63, 3.8) is 0 Å². The van der Waals surface area contributed by atoms with Crippen molar-refractivity contribution in [2.24, 2.45) is 11.8 Å². The number of carbonyl (C=O) groups excluding carboxylic acids is 1. The molecule has 2 atom stereocenters. The number of anilines is 1. The third-order valence-electron chi connectivity index (χ3n) is 4.10. The minimum Gasteiger partial charge on any atom is -0.326 e. The molecule has 0 saturated heterocycles. The number of fused-ring (bicyclic) bond motifs is 1. The number of carbonyl (C=O) groups is 1. The quantitative estimate of drug-likeness (QED) is 0.829. The largest absolute Gasteiger partial charge is 0.326 e. The van der Waals surface area contributed by atoms with Crippen molar-refractivity contribution in [1.29, 1.82) is 0 Å². The molecule has 1 amide bonds. The molecule has 90 valence electrons. The Bertz CT molecular complexity index is 452. The summed E-state index contributed by atoms with van der Waals surface area (Å²) in [5.41, 5.74) is 3.87. The minimum atomic E-state index is 0.219. The molecule has 2 unspecified atom stereocenters. The Hall–Kier alpha value is -1.31. The maximum absolute atomic E-state index is 12.0. The Morgan fingerprint density at radius 2 is 2.06 bits per heavy atom. The first-order valence-electron chi connectivity index (χ1n) is 6.67. The van der Waals surface area contributed by atoms with Crippen molar-refractivity contribution in [1.82, 2.24) is 0 Å². The lowest BCUT2D eigenvalue weighted by Gasteiger charge is -2.19. The van der Waals surface area contributed by atoms with Crippen molar-refractivity contribution in [2.75, 3.05) is 5.32 Å². The Kier molecular flexibility index (Phi) is 2.65. The number of benzene rings is 1. The van der Waals surface area contributed by atoms with E-state index in [0.717, 1.165) is 18.5 Å². The van der Waals surface area contributed by atoms with E-state index in [-0.39, 0.29) is 11.8 Å². The van der Waals surface area contributed by atoms with Crippen LogP contribution < -0.4 is 5.32 Å². The molecule has 0 aromatic heterocycles. The second kappa shape index (κ2) is 4.17. The zero-order valence-corrected chi connectivity index (χ0v) is 10.3. The van der Waals surface area contributed by atoms with Gasteiger partial charge in [-0.1, -0.05) is 19.1 Å². The molecule has 0 aliphatic heterocycles. The highest BCUT2D eigenvalue weighted by Crippen LogP contribution is 2.39. The Labute approximate surface area is 102 Å². The van der Waals surface area contributed by atoms with Crippen LogP contribution in [-0.4, -0.2) is 5.91 Å². The van der Waals surface area contributed by atoms with Crippen molar-refractivity contribution in [3.8, 4) is 0 Å². The summed E-state index contributed by atoms with van der Waals surface area (Å²) in [4.78, 5) is 12.0. The molecule has 1 aromatic carbocycles. The van der Waals surface area contributed by atoms with Crippen LogP contribution in [0.3, 0.4) is 0 Å². The fraction of sp³-hybridized carbons (Fsp3) is 0.533. The summed E-state index contributed by atoms with van der Waals surface area (Å²) in [5.74, 6) is 1.06. The molecule has 0 spiro atoms. The molecule has 1 N–H and O–H groups in total. The van der Waals surface area contributed by atoms with E-state index in [9.17, 15) is 4.79 Å². The first-order chi connectivity index (χ1) is 8.25. The van der Waals surface area contributed by atoms with Crippen LogP contribution in [0.15, 0.2) is 18.2 Å². The van der Waals surface area contributed by atoms with Crippen LogP contribution in [0, 0.1) is 11.8 Å². The van der Waals surface area contributed by atoms with E-state index in [4.69, 9.17) is 0 Å². The molecule has 1 fully saturated rings. The minimum absolute atomic E-state index is 0.219. The molecular formula is C15H19NO. The van der Waals surface area contributed by atoms with Gasteiger partial charge < -0.3 is 5.32 Å². The van der Waals surface area contributed by atoms with Gasteiger partial charge in [-0.3, -0.25) is 4.79 Å². The van der Waals surface area contributed by atoms with Crippen LogP contribution in [0.5, 0.6) is 0 Å². The van der Waals surface area contributed by atoms with E-state index >= 15 is 0 Å². The molecule has 2 nitrogen and oxygen atoms in total. The Morgan fingerprint density at radius 1 is 1.29 bits per heavy atom.